The van der Waals surface area contributed by atoms with Crippen LogP contribution < -0.4 is 0 Å². The van der Waals surface area contributed by atoms with Gasteiger partial charge in [0.1, 0.15) is 6.61 Å². The highest BCUT2D eigenvalue weighted by atomic mass is 16.6. The Balaban J connectivity index is 1.67. The van der Waals surface area contributed by atoms with Gasteiger partial charge in [0, 0.05) is 24.1 Å². The third kappa shape index (κ3) is 3.42. The first-order valence-electron chi connectivity index (χ1n) is 7.82. The standard InChI is InChI=1S/C21H17NO2/c1-2-17-10-6-7-11-18(17)12-8-9-15-22-20(16-24-21(22)23)19-13-4-3-5-14-19/h1,3-7,10-11,13-14,20H,9,15-16H2/t20-/m0/s1. The number of hydrogen-bond donors (Lipinski definition) is 0. The Kier molecular flexibility index (Phi) is 4.84. The van der Waals surface area contributed by atoms with Crippen molar-refractivity contribution in [3.63, 3.8) is 0 Å². The van der Waals surface area contributed by atoms with E-state index < -0.39 is 0 Å². The zero-order valence-corrected chi connectivity index (χ0v) is 13.2. The Morgan fingerprint density at radius 1 is 1.08 bits per heavy atom. The average Bonchev–Trinajstić information content (AvgIpc) is 3.00. The van der Waals surface area contributed by atoms with Crippen LogP contribution in [0.5, 0.6) is 0 Å². The number of cyclic esters (lactones) is 1. The van der Waals surface area contributed by atoms with Gasteiger partial charge in [-0.1, -0.05) is 60.2 Å². The van der Waals surface area contributed by atoms with Crippen LogP contribution in [0.1, 0.15) is 29.2 Å². The normalized spacial score (nSPS) is 16.0. The first-order chi connectivity index (χ1) is 11.8. The molecule has 1 atom stereocenters. The van der Waals surface area contributed by atoms with Crippen LogP contribution in [0, 0.1) is 24.2 Å². The zero-order chi connectivity index (χ0) is 16.8. The molecular weight excluding hydrogens is 298 g/mol. The maximum Gasteiger partial charge on any atom is 0.410 e. The summed E-state index contributed by atoms with van der Waals surface area (Å²) in [6.45, 7) is 0.916. The van der Waals surface area contributed by atoms with E-state index in [1.165, 1.54) is 0 Å². The Morgan fingerprint density at radius 3 is 2.54 bits per heavy atom. The Morgan fingerprint density at radius 2 is 1.79 bits per heavy atom. The van der Waals surface area contributed by atoms with E-state index in [1.807, 2.05) is 54.6 Å². The molecule has 0 N–H and O–H groups in total. The Labute approximate surface area is 142 Å². The predicted molar refractivity (Wildman–Crippen MR) is 93.1 cm³/mol. The molecule has 0 unspecified atom stereocenters. The van der Waals surface area contributed by atoms with E-state index in [9.17, 15) is 4.79 Å². The maximum absolute atomic E-state index is 12.0. The van der Waals surface area contributed by atoms with Crippen molar-refractivity contribution in [3.8, 4) is 24.2 Å². The van der Waals surface area contributed by atoms with Gasteiger partial charge < -0.3 is 4.74 Å². The van der Waals surface area contributed by atoms with Crippen LogP contribution in [-0.2, 0) is 4.74 Å². The van der Waals surface area contributed by atoms with Crippen LogP contribution in [0.15, 0.2) is 54.6 Å². The molecule has 1 fully saturated rings. The van der Waals surface area contributed by atoms with Gasteiger partial charge in [-0.05, 0) is 17.7 Å². The van der Waals surface area contributed by atoms with Crippen molar-refractivity contribution >= 4 is 6.09 Å². The van der Waals surface area contributed by atoms with E-state index in [2.05, 4.69) is 17.8 Å². The molecule has 1 amide bonds. The first kappa shape index (κ1) is 15.7. The van der Waals surface area contributed by atoms with Crippen LogP contribution >= 0.6 is 0 Å². The number of ether oxygens (including phenoxy) is 1. The van der Waals surface area contributed by atoms with Crippen LogP contribution in [-0.4, -0.2) is 24.1 Å². The van der Waals surface area contributed by atoms with Gasteiger partial charge in [-0.2, -0.15) is 0 Å². The molecule has 1 saturated heterocycles. The number of hydrogen-bond acceptors (Lipinski definition) is 2. The lowest BCUT2D eigenvalue weighted by Crippen LogP contribution is -2.28. The van der Waals surface area contributed by atoms with Gasteiger partial charge in [0.15, 0.2) is 0 Å². The number of terminal acetylenes is 1. The van der Waals surface area contributed by atoms with E-state index in [0.29, 0.717) is 19.6 Å². The summed E-state index contributed by atoms with van der Waals surface area (Å²) in [5, 5.41) is 0. The minimum absolute atomic E-state index is 0.0431. The fourth-order valence-corrected chi connectivity index (χ4v) is 2.70. The second kappa shape index (κ2) is 7.40. The van der Waals surface area contributed by atoms with Crippen molar-refractivity contribution < 1.29 is 9.53 Å². The van der Waals surface area contributed by atoms with E-state index in [0.717, 1.165) is 16.7 Å². The van der Waals surface area contributed by atoms with E-state index in [-0.39, 0.29) is 12.1 Å². The summed E-state index contributed by atoms with van der Waals surface area (Å²) < 4.78 is 5.20. The summed E-state index contributed by atoms with van der Waals surface area (Å²) in [5.74, 6) is 8.81. The highest BCUT2D eigenvalue weighted by molar-refractivity contribution is 5.70. The first-order valence-corrected chi connectivity index (χ1v) is 7.82. The minimum atomic E-state index is -0.283. The summed E-state index contributed by atoms with van der Waals surface area (Å²) in [7, 11) is 0. The van der Waals surface area contributed by atoms with Crippen molar-refractivity contribution in [1.82, 2.24) is 4.90 Å². The molecule has 1 heterocycles. The highest BCUT2D eigenvalue weighted by Gasteiger charge is 2.33. The summed E-state index contributed by atoms with van der Waals surface area (Å²) in [5.41, 5.74) is 2.70. The number of carbonyl (C=O) groups excluding carboxylic acids is 1. The molecule has 3 nitrogen and oxygen atoms in total. The third-order valence-corrected chi connectivity index (χ3v) is 3.94. The molecule has 118 valence electrons. The maximum atomic E-state index is 12.0. The number of nitrogens with zero attached hydrogens (tertiary/aromatic N) is 1. The molecule has 0 aromatic heterocycles. The van der Waals surface area contributed by atoms with Gasteiger partial charge >= 0.3 is 6.09 Å². The average molecular weight is 315 g/mol. The largest absolute Gasteiger partial charge is 0.447 e. The second-order valence-electron chi connectivity index (χ2n) is 5.44. The van der Waals surface area contributed by atoms with E-state index in [1.54, 1.807) is 4.90 Å². The highest BCUT2D eigenvalue weighted by Crippen LogP contribution is 2.27. The molecule has 2 aromatic carbocycles. The molecule has 24 heavy (non-hydrogen) atoms. The summed E-state index contributed by atoms with van der Waals surface area (Å²) >= 11 is 0. The van der Waals surface area contributed by atoms with Gasteiger partial charge in [-0.3, -0.25) is 4.90 Å². The van der Waals surface area contributed by atoms with Gasteiger partial charge in [0.2, 0.25) is 0 Å². The second-order valence-corrected chi connectivity index (χ2v) is 5.44. The van der Waals surface area contributed by atoms with Crippen molar-refractivity contribution in [1.29, 1.82) is 0 Å². The van der Waals surface area contributed by atoms with E-state index >= 15 is 0 Å². The van der Waals surface area contributed by atoms with Gasteiger partial charge in [-0.25, -0.2) is 4.79 Å². The quantitative estimate of drug-likeness (QED) is 0.810. The van der Waals surface area contributed by atoms with Crippen molar-refractivity contribution in [2.75, 3.05) is 13.2 Å². The molecule has 0 aliphatic carbocycles. The fourth-order valence-electron chi connectivity index (χ4n) is 2.70. The van der Waals surface area contributed by atoms with Crippen molar-refractivity contribution in [2.45, 2.75) is 12.5 Å². The van der Waals surface area contributed by atoms with Crippen LogP contribution in [0.3, 0.4) is 0 Å². The third-order valence-electron chi connectivity index (χ3n) is 3.94. The summed E-state index contributed by atoms with van der Waals surface area (Å²) in [6.07, 6.45) is 5.75. The number of amides is 1. The number of rotatable bonds is 3. The van der Waals surface area contributed by atoms with Crippen LogP contribution in [0.2, 0.25) is 0 Å². The summed E-state index contributed by atoms with van der Waals surface area (Å²) in [4.78, 5) is 13.7. The molecule has 0 radical (unpaired) electrons. The Bertz CT molecular complexity index is 824. The molecule has 3 heteroatoms. The minimum Gasteiger partial charge on any atom is -0.447 e. The Hall–Kier alpha value is -3.17. The SMILES string of the molecule is C#Cc1ccccc1C#CCCN1C(=O)OC[C@H]1c1ccccc1. The molecule has 0 bridgehead atoms. The lowest BCUT2D eigenvalue weighted by molar-refractivity contribution is 0.158. The number of benzene rings is 2. The van der Waals surface area contributed by atoms with Crippen LogP contribution in [0.25, 0.3) is 0 Å². The molecule has 3 rings (SSSR count). The topological polar surface area (TPSA) is 29.5 Å². The van der Waals surface area contributed by atoms with Gasteiger partial charge in [-0.15, -0.1) is 6.42 Å². The smallest absolute Gasteiger partial charge is 0.410 e. The fraction of sp³-hybridized carbons (Fsp3) is 0.190. The molecular formula is C21H17NO2. The molecule has 1 aliphatic rings. The van der Waals surface area contributed by atoms with Crippen LogP contribution in [0.4, 0.5) is 4.79 Å². The van der Waals surface area contributed by atoms with Crippen molar-refractivity contribution in [3.05, 3.63) is 71.3 Å². The monoisotopic (exact) mass is 315 g/mol. The summed E-state index contributed by atoms with van der Waals surface area (Å²) in [6, 6.07) is 17.4. The molecule has 1 aliphatic heterocycles. The molecule has 0 spiro atoms. The molecule has 0 saturated carbocycles. The van der Waals surface area contributed by atoms with Gasteiger partial charge in [0.25, 0.3) is 0 Å². The van der Waals surface area contributed by atoms with E-state index in [4.69, 9.17) is 11.2 Å². The van der Waals surface area contributed by atoms with Crippen molar-refractivity contribution in [2.24, 2.45) is 0 Å². The lowest BCUT2D eigenvalue weighted by atomic mass is 10.1. The zero-order valence-electron chi connectivity index (χ0n) is 13.2. The molecule has 2 aromatic rings. The lowest BCUT2D eigenvalue weighted by Gasteiger charge is -2.20. The number of carbonyl (C=O) groups is 1. The predicted octanol–water partition coefficient (Wildman–Crippen LogP) is 3.60. The van der Waals surface area contributed by atoms with Gasteiger partial charge in [0.05, 0.1) is 6.04 Å².